The number of halogens is 3. The van der Waals surface area contributed by atoms with Crippen molar-refractivity contribution in [2.75, 3.05) is 39.8 Å². The number of nitrogens with one attached hydrogen (secondary N) is 3. The standard InChI is InChI=1S/C31H48FN5O3.2ClH/c1-30(2,3)35-29(40)31(23-8-6-5-7-9-23)14-17-37(18-15-31)28(39)25(20-22-10-12-24(32)13-11-22)34-27(38)26-21-36(4)19-16-33-26;;/h10-13,23,25-26,33H,5-9,14-21H2,1-4H3,(H,34,38)(H,35,40);2*1H/t25-,26+;;/m1../s1. The molecule has 8 nitrogen and oxygen atoms in total. The second kappa shape index (κ2) is 15.7. The summed E-state index contributed by atoms with van der Waals surface area (Å²) >= 11 is 0. The van der Waals surface area contributed by atoms with Crippen LogP contribution in [0, 0.1) is 17.2 Å². The molecule has 2 saturated heterocycles. The van der Waals surface area contributed by atoms with Crippen molar-refractivity contribution in [2.45, 2.75) is 89.8 Å². The van der Waals surface area contributed by atoms with Crippen LogP contribution < -0.4 is 16.0 Å². The highest BCUT2D eigenvalue weighted by molar-refractivity contribution is 5.90. The summed E-state index contributed by atoms with van der Waals surface area (Å²) in [5, 5.41) is 9.52. The molecule has 0 unspecified atom stereocenters. The summed E-state index contributed by atoms with van der Waals surface area (Å²) in [5.41, 5.74) is -0.0132. The van der Waals surface area contributed by atoms with Crippen molar-refractivity contribution in [3.63, 3.8) is 0 Å². The molecule has 1 saturated carbocycles. The fourth-order valence-corrected chi connectivity index (χ4v) is 6.69. The molecule has 238 valence electrons. The third kappa shape index (κ3) is 9.28. The van der Waals surface area contributed by atoms with Crippen LogP contribution in [0.5, 0.6) is 0 Å². The van der Waals surface area contributed by atoms with Crippen LogP contribution in [0.2, 0.25) is 0 Å². The van der Waals surface area contributed by atoms with Gasteiger partial charge in [-0.2, -0.15) is 0 Å². The summed E-state index contributed by atoms with van der Waals surface area (Å²) in [6.07, 6.45) is 7.14. The van der Waals surface area contributed by atoms with Gasteiger partial charge in [-0.1, -0.05) is 31.4 Å². The first kappa shape index (κ1) is 36.3. The number of hydrogen-bond acceptors (Lipinski definition) is 5. The van der Waals surface area contributed by atoms with Gasteiger partial charge in [-0.3, -0.25) is 14.4 Å². The highest BCUT2D eigenvalue weighted by Gasteiger charge is 2.49. The maximum atomic E-state index is 13.9. The van der Waals surface area contributed by atoms with E-state index in [2.05, 4.69) is 20.9 Å². The van der Waals surface area contributed by atoms with E-state index in [-0.39, 0.29) is 60.3 Å². The lowest BCUT2D eigenvalue weighted by molar-refractivity contribution is -0.147. The third-order valence-electron chi connectivity index (χ3n) is 8.96. The molecule has 1 aromatic rings. The molecule has 42 heavy (non-hydrogen) atoms. The van der Waals surface area contributed by atoms with Crippen LogP contribution in [0.3, 0.4) is 0 Å². The SMILES string of the molecule is CN1CCN[C@H](C(=O)N[C@H](Cc2ccc(F)cc2)C(=O)N2CCC(C(=O)NC(C)(C)C)(C3CCCCC3)CC2)C1.Cl.Cl. The Morgan fingerprint density at radius 1 is 1.02 bits per heavy atom. The fraction of sp³-hybridized carbons (Fsp3) is 0.710. The zero-order valence-corrected chi connectivity index (χ0v) is 27.2. The molecule has 0 spiro atoms. The van der Waals surface area contributed by atoms with Crippen molar-refractivity contribution < 1.29 is 18.8 Å². The summed E-state index contributed by atoms with van der Waals surface area (Å²) in [6.45, 7) is 9.14. The van der Waals surface area contributed by atoms with Crippen LogP contribution >= 0.6 is 24.8 Å². The number of likely N-dealkylation sites (N-methyl/N-ethyl adjacent to an activating group) is 1. The highest BCUT2D eigenvalue weighted by atomic mass is 35.5. The lowest BCUT2D eigenvalue weighted by Crippen LogP contribution is -2.61. The molecule has 1 aliphatic carbocycles. The van der Waals surface area contributed by atoms with Crippen molar-refractivity contribution in [3.8, 4) is 0 Å². The quantitative estimate of drug-likeness (QED) is 0.428. The summed E-state index contributed by atoms with van der Waals surface area (Å²) in [7, 11) is 1.98. The fourth-order valence-electron chi connectivity index (χ4n) is 6.69. The second-order valence-electron chi connectivity index (χ2n) is 13.2. The van der Waals surface area contributed by atoms with Crippen molar-refractivity contribution >= 4 is 42.5 Å². The van der Waals surface area contributed by atoms with Gasteiger partial charge in [-0.25, -0.2) is 4.39 Å². The predicted molar refractivity (Wildman–Crippen MR) is 169 cm³/mol. The zero-order chi connectivity index (χ0) is 28.9. The predicted octanol–water partition coefficient (Wildman–Crippen LogP) is 3.70. The molecule has 3 fully saturated rings. The molecule has 0 aromatic heterocycles. The molecule has 0 radical (unpaired) electrons. The van der Waals surface area contributed by atoms with Crippen LogP contribution in [-0.4, -0.2) is 84.9 Å². The zero-order valence-electron chi connectivity index (χ0n) is 25.5. The first-order chi connectivity index (χ1) is 19.0. The number of rotatable bonds is 7. The van der Waals surface area contributed by atoms with E-state index in [9.17, 15) is 18.8 Å². The van der Waals surface area contributed by atoms with Crippen LogP contribution in [0.15, 0.2) is 24.3 Å². The Bertz CT molecular complexity index is 1040. The van der Waals surface area contributed by atoms with Gasteiger partial charge >= 0.3 is 0 Å². The van der Waals surface area contributed by atoms with Crippen LogP contribution in [0.25, 0.3) is 0 Å². The average Bonchev–Trinajstić information content (AvgIpc) is 2.93. The lowest BCUT2D eigenvalue weighted by atomic mass is 9.63. The molecule has 2 aliphatic heterocycles. The first-order valence-corrected chi connectivity index (χ1v) is 15.0. The minimum atomic E-state index is -0.766. The molecule has 3 amide bonds. The summed E-state index contributed by atoms with van der Waals surface area (Å²) in [4.78, 5) is 44.8. The van der Waals surface area contributed by atoms with Crippen LogP contribution in [0.4, 0.5) is 4.39 Å². The molecule has 0 bridgehead atoms. The summed E-state index contributed by atoms with van der Waals surface area (Å²) in [5.74, 6) is -0.248. The highest BCUT2D eigenvalue weighted by Crippen LogP contribution is 2.46. The molecule has 11 heteroatoms. The van der Waals surface area contributed by atoms with Crippen molar-refractivity contribution in [2.24, 2.45) is 11.3 Å². The van der Waals surface area contributed by atoms with E-state index in [1.165, 1.54) is 18.6 Å². The Balaban J connectivity index is 0.00000308. The van der Waals surface area contributed by atoms with E-state index in [1.807, 2.05) is 32.7 Å². The topological polar surface area (TPSA) is 93.8 Å². The largest absolute Gasteiger partial charge is 0.351 e. The van der Waals surface area contributed by atoms with E-state index in [1.54, 1.807) is 12.1 Å². The Hall–Kier alpha value is -1.94. The van der Waals surface area contributed by atoms with Crippen molar-refractivity contribution in [1.29, 1.82) is 0 Å². The van der Waals surface area contributed by atoms with Gasteiger partial charge in [0, 0.05) is 44.7 Å². The minimum absolute atomic E-state index is 0. The smallest absolute Gasteiger partial charge is 0.245 e. The number of piperazine rings is 1. The minimum Gasteiger partial charge on any atom is -0.351 e. The number of benzene rings is 1. The van der Waals surface area contributed by atoms with Gasteiger partial charge in [0.25, 0.3) is 0 Å². The van der Waals surface area contributed by atoms with Crippen LogP contribution in [0.1, 0.15) is 71.3 Å². The third-order valence-corrected chi connectivity index (χ3v) is 8.96. The molecule has 2 atom stereocenters. The summed E-state index contributed by atoms with van der Waals surface area (Å²) in [6, 6.07) is 4.92. The number of carbonyl (C=O) groups excluding carboxylic acids is 3. The van der Waals surface area contributed by atoms with E-state index in [0.717, 1.165) is 37.8 Å². The van der Waals surface area contributed by atoms with E-state index >= 15 is 0 Å². The first-order valence-electron chi connectivity index (χ1n) is 15.0. The van der Waals surface area contributed by atoms with Crippen molar-refractivity contribution in [3.05, 3.63) is 35.6 Å². The van der Waals surface area contributed by atoms with E-state index in [4.69, 9.17) is 0 Å². The van der Waals surface area contributed by atoms with Gasteiger partial charge in [-0.05, 0) is 77.1 Å². The Labute approximate surface area is 263 Å². The maximum absolute atomic E-state index is 13.9. The number of carbonyl (C=O) groups is 3. The molecule has 3 N–H and O–H groups in total. The number of likely N-dealkylation sites (tertiary alicyclic amines) is 1. The monoisotopic (exact) mass is 629 g/mol. The number of amides is 3. The van der Waals surface area contributed by atoms with Gasteiger partial charge in [0.1, 0.15) is 11.9 Å². The van der Waals surface area contributed by atoms with Gasteiger partial charge in [0.15, 0.2) is 0 Å². The molecule has 2 heterocycles. The van der Waals surface area contributed by atoms with Crippen molar-refractivity contribution in [1.82, 2.24) is 25.8 Å². The molecular formula is C31H50Cl2FN5O3. The average molecular weight is 631 g/mol. The van der Waals surface area contributed by atoms with Gasteiger partial charge in [-0.15, -0.1) is 24.8 Å². The van der Waals surface area contributed by atoms with Crippen LogP contribution in [-0.2, 0) is 20.8 Å². The summed E-state index contributed by atoms with van der Waals surface area (Å²) < 4.78 is 13.6. The number of piperidine rings is 1. The number of nitrogens with zero attached hydrogens (tertiary/aromatic N) is 2. The molecule has 3 aliphatic rings. The van der Waals surface area contributed by atoms with E-state index in [0.29, 0.717) is 44.9 Å². The Morgan fingerprint density at radius 3 is 2.21 bits per heavy atom. The second-order valence-corrected chi connectivity index (χ2v) is 13.2. The van der Waals surface area contributed by atoms with Gasteiger partial charge < -0.3 is 25.8 Å². The molecule has 1 aromatic carbocycles. The lowest BCUT2D eigenvalue weighted by Gasteiger charge is -2.48. The Morgan fingerprint density at radius 2 is 1.64 bits per heavy atom. The maximum Gasteiger partial charge on any atom is 0.245 e. The number of hydrogen-bond donors (Lipinski definition) is 3. The molecule has 4 rings (SSSR count). The normalized spacial score (nSPS) is 22.2. The van der Waals surface area contributed by atoms with E-state index < -0.39 is 17.5 Å². The Kier molecular flexibility index (Phi) is 13.5. The van der Waals surface area contributed by atoms with Gasteiger partial charge in [0.05, 0.1) is 11.5 Å². The molecular weight excluding hydrogens is 580 g/mol. The van der Waals surface area contributed by atoms with Gasteiger partial charge in [0.2, 0.25) is 17.7 Å².